The van der Waals surface area contributed by atoms with Gasteiger partial charge in [0.1, 0.15) is 4.88 Å². The number of aryl methyl sites for hydroxylation is 1. The van der Waals surface area contributed by atoms with Crippen LogP contribution in [0.4, 0.5) is 5.00 Å². The molecule has 7 heteroatoms. The lowest BCUT2D eigenvalue weighted by molar-refractivity contribution is -0.130. The van der Waals surface area contributed by atoms with Crippen LogP contribution in [0.5, 0.6) is 0 Å². The van der Waals surface area contributed by atoms with Gasteiger partial charge in [-0.15, -0.1) is 11.3 Å². The summed E-state index contributed by atoms with van der Waals surface area (Å²) in [5, 5.41) is 6.44. The van der Waals surface area contributed by atoms with Crippen molar-refractivity contribution in [3.63, 3.8) is 0 Å². The van der Waals surface area contributed by atoms with Crippen molar-refractivity contribution in [2.24, 2.45) is 11.3 Å². The van der Waals surface area contributed by atoms with E-state index in [0.29, 0.717) is 21.4 Å². The summed E-state index contributed by atoms with van der Waals surface area (Å²) in [4.78, 5) is 37.5. The molecule has 6 nitrogen and oxygen atoms in total. The van der Waals surface area contributed by atoms with Crippen LogP contribution in [0.3, 0.4) is 0 Å². The molecule has 1 saturated carbocycles. The third-order valence-corrected chi connectivity index (χ3v) is 6.25. The number of nitrogens with one attached hydrogen (secondary N) is 2. The van der Waals surface area contributed by atoms with E-state index in [-0.39, 0.29) is 17.9 Å². The molecule has 1 aromatic rings. The van der Waals surface area contributed by atoms with E-state index in [1.165, 1.54) is 6.42 Å². The van der Waals surface area contributed by atoms with Crippen LogP contribution in [0.1, 0.15) is 75.5 Å². The summed E-state index contributed by atoms with van der Waals surface area (Å²) in [6.07, 6.45) is 3.52. The molecule has 0 spiro atoms. The largest absolute Gasteiger partial charge is 0.448 e. The van der Waals surface area contributed by atoms with E-state index in [2.05, 4.69) is 17.6 Å². The van der Waals surface area contributed by atoms with Crippen LogP contribution < -0.4 is 10.6 Å². The average Bonchev–Trinajstić information content (AvgIpc) is 2.96. The molecule has 1 fully saturated rings. The number of anilines is 1. The molecule has 156 valence electrons. The molecule has 0 aliphatic heterocycles. The topological polar surface area (TPSA) is 84.5 Å². The fourth-order valence-corrected chi connectivity index (χ4v) is 4.09. The fraction of sp³-hybridized carbons (Fsp3) is 0.667. The second-order valence-electron chi connectivity index (χ2n) is 8.75. The standard InChI is InChI=1S/C21H32N2O4S/c1-12-9-7-8-10-15(12)22-18(24)14(3)27-19(25)17-13(2)11-16(28-17)23-20(26)21(4,5)6/h11-12,14-15H,7-10H2,1-6H3,(H,22,24)(H,23,26)/t12-,14-,15-/m1/s1. The van der Waals surface area contributed by atoms with Crippen LogP contribution in [0.25, 0.3) is 0 Å². The van der Waals surface area contributed by atoms with Gasteiger partial charge in [0.25, 0.3) is 5.91 Å². The van der Waals surface area contributed by atoms with E-state index in [1.54, 1.807) is 19.9 Å². The van der Waals surface area contributed by atoms with Crippen LogP contribution in [0, 0.1) is 18.3 Å². The van der Waals surface area contributed by atoms with Crippen LogP contribution in [0.2, 0.25) is 0 Å². The molecule has 0 unspecified atom stereocenters. The maximum atomic E-state index is 12.5. The zero-order valence-electron chi connectivity index (χ0n) is 17.7. The van der Waals surface area contributed by atoms with Crippen molar-refractivity contribution in [1.82, 2.24) is 5.32 Å². The number of thiophene rings is 1. The summed E-state index contributed by atoms with van der Waals surface area (Å²) in [7, 11) is 0. The maximum Gasteiger partial charge on any atom is 0.349 e. The van der Waals surface area contributed by atoms with Crippen molar-refractivity contribution in [3.8, 4) is 0 Å². The Morgan fingerprint density at radius 2 is 1.86 bits per heavy atom. The van der Waals surface area contributed by atoms with Crippen molar-refractivity contribution in [3.05, 3.63) is 16.5 Å². The smallest absolute Gasteiger partial charge is 0.349 e. The fourth-order valence-electron chi connectivity index (χ4n) is 3.14. The van der Waals surface area contributed by atoms with Gasteiger partial charge in [-0.1, -0.05) is 40.5 Å². The van der Waals surface area contributed by atoms with Gasteiger partial charge >= 0.3 is 5.97 Å². The molecule has 0 bridgehead atoms. The maximum absolute atomic E-state index is 12.5. The first-order chi connectivity index (χ1) is 13.0. The van der Waals surface area contributed by atoms with E-state index in [0.717, 1.165) is 30.6 Å². The Bertz CT molecular complexity index is 735. The Hall–Kier alpha value is -1.89. The zero-order chi connectivity index (χ0) is 21.1. The minimum atomic E-state index is -0.865. The molecule has 2 N–H and O–H groups in total. The van der Waals surface area contributed by atoms with E-state index in [9.17, 15) is 14.4 Å². The number of hydrogen-bond acceptors (Lipinski definition) is 5. The quantitative estimate of drug-likeness (QED) is 0.712. The zero-order valence-corrected chi connectivity index (χ0v) is 18.5. The Morgan fingerprint density at radius 3 is 2.46 bits per heavy atom. The average molecular weight is 409 g/mol. The lowest BCUT2D eigenvalue weighted by Gasteiger charge is -2.30. The minimum absolute atomic E-state index is 0.122. The number of hydrogen-bond donors (Lipinski definition) is 2. The van der Waals surface area contributed by atoms with Gasteiger partial charge in [0.05, 0.1) is 5.00 Å². The van der Waals surface area contributed by atoms with E-state index in [4.69, 9.17) is 4.74 Å². The van der Waals surface area contributed by atoms with E-state index < -0.39 is 17.5 Å². The van der Waals surface area contributed by atoms with Gasteiger partial charge in [-0.05, 0) is 44.2 Å². The molecule has 0 radical (unpaired) electrons. The monoisotopic (exact) mass is 408 g/mol. The van der Waals surface area contributed by atoms with Crippen molar-refractivity contribution < 1.29 is 19.1 Å². The summed E-state index contributed by atoms with van der Waals surface area (Å²) >= 11 is 1.16. The summed E-state index contributed by atoms with van der Waals surface area (Å²) < 4.78 is 5.39. The van der Waals surface area contributed by atoms with Crippen LogP contribution >= 0.6 is 11.3 Å². The Kier molecular flexibility index (Phi) is 7.26. The van der Waals surface area contributed by atoms with Crippen molar-refractivity contribution in [1.29, 1.82) is 0 Å². The molecule has 1 aliphatic carbocycles. The van der Waals surface area contributed by atoms with E-state index >= 15 is 0 Å². The number of carbonyl (C=O) groups is 3. The molecule has 1 heterocycles. The Labute approximate surface area is 171 Å². The molecule has 0 saturated heterocycles. The van der Waals surface area contributed by atoms with E-state index in [1.807, 2.05) is 20.8 Å². The Balaban J connectivity index is 1.96. The van der Waals surface area contributed by atoms with Gasteiger partial charge in [-0.25, -0.2) is 4.79 Å². The number of rotatable bonds is 5. The van der Waals surface area contributed by atoms with Gasteiger partial charge in [-0.2, -0.15) is 0 Å². The normalized spacial score (nSPS) is 20.9. The third-order valence-electron chi connectivity index (χ3n) is 5.11. The molecule has 2 rings (SSSR count). The molecular formula is C21H32N2O4S. The highest BCUT2D eigenvalue weighted by Gasteiger charge is 2.28. The van der Waals surface area contributed by atoms with Crippen LogP contribution in [-0.4, -0.2) is 29.9 Å². The molecule has 2 amide bonds. The summed E-state index contributed by atoms with van der Waals surface area (Å²) in [6, 6.07) is 1.89. The first kappa shape index (κ1) is 22.4. The number of carbonyl (C=O) groups excluding carboxylic acids is 3. The molecule has 1 aromatic heterocycles. The van der Waals surface area contributed by atoms with Gasteiger partial charge < -0.3 is 15.4 Å². The molecule has 28 heavy (non-hydrogen) atoms. The number of amides is 2. The molecule has 1 aliphatic rings. The van der Waals surface area contributed by atoms with Gasteiger partial charge in [-0.3, -0.25) is 9.59 Å². The van der Waals surface area contributed by atoms with Crippen molar-refractivity contribution >= 4 is 34.1 Å². The van der Waals surface area contributed by atoms with Crippen molar-refractivity contribution in [2.75, 3.05) is 5.32 Å². The lowest BCUT2D eigenvalue weighted by atomic mass is 9.86. The van der Waals surface area contributed by atoms with Crippen LogP contribution in [0.15, 0.2) is 6.07 Å². The highest BCUT2D eigenvalue weighted by atomic mass is 32.1. The lowest BCUT2D eigenvalue weighted by Crippen LogP contribution is -2.45. The summed E-state index contributed by atoms with van der Waals surface area (Å²) in [6.45, 7) is 11.0. The summed E-state index contributed by atoms with van der Waals surface area (Å²) in [5.41, 5.74) is 0.189. The molecular weight excluding hydrogens is 376 g/mol. The third kappa shape index (κ3) is 5.80. The molecule has 3 atom stereocenters. The van der Waals surface area contributed by atoms with Crippen molar-refractivity contribution in [2.45, 2.75) is 79.4 Å². The minimum Gasteiger partial charge on any atom is -0.448 e. The highest BCUT2D eigenvalue weighted by molar-refractivity contribution is 7.18. The second-order valence-corrected chi connectivity index (χ2v) is 9.80. The first-order valence-corrected chi connectivity index (χ1v) is 10.7. The SMILES string of the molecule is Cc1cc(NC(=O)C(C)(C)C)sc1C(=O)O[C@H](C)C(=O)N[C@@H]1CCCC[C@H]1C. The summed E-state index contributed by atoms with van der Waals surface area (Å²) in [5.74, 6) is -0.488. The van der Waals surface area contributed by atoms with Gasteiger partial charge in [0, 0.05) is 11.5 Å². The van der Waals surface area contributed by atoms with Gasteiger partial charge in [0.2, 0.25) is 5.91 Å². The Morgan fingerprint density at radius 1 is 1.21 bits per heavy atom. The number of ether oxygens (including phenoxy) is 1. The highest BCUT2D eigenvalue weighted by Crippen LogP contribution is 2.29. The second kappa shape index (κ2) is 9.07. The first-order valence-electron chi connectivity index (χ1n) is 9.92. The predicted molar refractivity (Wildman–Crippen MR) is 112 cm³/mol. The predicted octanol–water partition coefficient (Wildman–Crippen LogP) is 4.28. The molecule has 0 aromatic carbocycles. The van der Waals surface area contributed by atoms with Gasteiger partial charge in [0.15, 0.2) is 6.10 Å². The number of esters is 1. The van der Waals surface area contributed by atoms with Crippen LogP contribution in [-0.2, 0) is 14.3 Å².